The molecule has 0 aliphatic carbocycles. The molecule has 0 nitrogen and oxygen atoms in total. The first-order valence-corrected chi connectivity index (χ1v) is 11.3. The van der Waals surface area contributed by atoms with Crippen molar-refractivity contribution in [3.63, 3.8) is 0 Å². The van der Waals surface area contributed by atoms with E-state index in [0.717, 1.165) is 6.42 Å². The van der Waals surface area contributed by atoms with Crippen molar-refractivity contribution in [2.45, 2.75) is 13.3 Å². The number of allylic oxidation sites excluding steroid dienone is 1. The van der Waals surface area contributed by atoms with E-state index in [2.05, 4.69) is 111 Å². The van der Waals surface area contributed by atoms with Gasteiger partial charge in [-0.15, -0.1) is 0 Å². The van der Waals surface area contributed by atoms with E-state index in [1.54, 1.807) is 0 Å². The first kappa shape index (κ1) is 17.6. The number of hydrogen-bond acceptors (Lipinski definition) is 0. The van der Waals surface area contributed by atoms with Crippen LogP contribution in [-0.2, 0) is 0 Å². The molecule has 0 saturated carbocycles. The molecule has 0 heterocycles. The zero-order valence-electron chi connectivity index (χ0n) is 14.9. The van der Waals surface area contributed by atoms with Gasteiger partial charge in [-0.25, -0.2) is 0 Å². The molecule has 1 unspecified atom stereocenters. The van der Waals surface area contributed by atoms with Gasteiger partial charge in [0.25, 0.3) is 0 Å². The second kappa shape index (κ2) is 8.28. The van der Waals surface area contributed by atoms with Crippen LogP contribution in [0.25, 0.3) is 0 Å². The Kier molecular flexibility index (Phi) is 5.84. The van der Waals surface area contributed by atoms with E-state index in [9.17, 15) is 0 Å². The maximum atomic E-state index is 3.99. The molecule has 0 radical (unpaired) electrons. The average Bonchev–Trinajstić information content (AvgIpc) is 2.71. The molecular weight excluding hydrogens is 319 g/mol. The van der Waals surface area contributed by atoms with Crippen molar-refractivity contribution < 1.29 is 0 Å². The average molecular weight is 346 g/mol. The molecule has 1 atom stereocenters. The molecule has 0 amide bonds. The number of rotatable bonds is 7. The predicted molar refractivity (Wildman–Crippen MR) is 115 cm³/mol. The van der Waals surface area contributed by atoms with E-state index in [-0.39, 0.29) is 0 Å². The van der Waals surface area contributed by atoms with E-state index in [0.29, 0.717) is 5.92 Å². The third-order valence-electron chi connectivity index (χ3n) is 5.18. The second-order valence-corrected chi connectivity index (χ2v) is 10.8. The van der Waals surface area contributed by atoms with Crippen LogP contribution in [0.3, 0.4) is 0 Å². The van der Waals surface area contributed by atoms with Crippen molar-refractivity contribution in [3.05, 3.63) is 104 Å². The third kappa shape index (κ3) is 3.75. The SMILES string of the molecule is C=CC(C)CC[PH](c1ccccc1)(c1ccccc1)c1ccccc1. The monoisotopic (exact) mass is 346 g/mol. The Morgan fingerprint density at radius 1 is 0.720 bits per heavy atom. The molecule has 0 aliphatic rings. The van der Waals surface area contributed by atoms with Crippen LogP contribution in [0.4, 0.5) is 0 Å². The van der Waals surface area contributed by atoms with Gasteiger partial charge in [-0.2, -0.15) is 0 Å². The van der Waals surface area contributed by atoms with Gasteiger partial charge < -0.3 is 0 Å². The summed E-state index contributed by atoms with van der Waals surface area (Å²) in [5.74, 6) is 0.531. The Morgan fingerprint density at radius 3 is 1.40 bits per heavy atom. The second-order valence-electron chi connectivity index (χ2n) is 6.76. The number of hydrogen-bond donors (Lipinski definition) is 0. The first-order chi connectivity index (χ1) is 12.3. The molecule has 0 saturated heterocycles. The topological polar surface area (TPSA) is 0 Å². The first-order valence-electron chi connectivity index (χ1n) is 9.06. The minimum absolute atomic E-state index is 0.531. The zero-order valence-corrected chi connectivity index (χ0v) is 15.9. The fraction of sp³-hybridized carbons (Fsp3) is 0.167. The Labute approximate surface area is 152 Å². The molecule has 0 fully saturated rings. The molecule has 0 bridgehead atoms. The molecule has 128 valence electrons. The van der Waals surface area contributed by atoms with Crippen LogP contribution in [0.15, 0.2) is 104 Å². The van der Waals surface area contributed by atoms with Crippen molar-refractivity contribution in [1.82, 2.24) is 0 Å². The van der Waals surface area contributed by atoms with Crippen molar-refractivity contribution in [3.8, 4) is 0 Å². The van der Waals surface area contributed by atoms with E-state index in [4.69, 9.17) is 0 Å². The zero-order chi connectivity index (χ0) is 17.5. The quantitative estimate of drug-likeness (QED) is 0.420. The standard InChI is InChI=1S/C24H27P/c1-3-21(2)19-20-25(22-13-7-4-8-14-22,23-15-9-5-10-16-23)24-17-11-6-12-18-24/h3-18,21,25H,1,19-20H2,2H3. The Bertz CT molecular complexity index is 681. The molecule has 3 rings (SSSR count). The van der Waals surface area contributed by atoms with E-state index >= 15 is 0 Å². The molecule has 3 aromatic carbocycles. The summed E-state index contributed by atoms with van der Waals surface area (Å²) in [7, 11) is -2.05. The molecular formula is C24H27P. The molecule has 25 heavy (non-hydrogen) atoms. The van der Waals surface area contributed by atoms with Crippen LogP contribution in [-0.4, -0.2) is 6.16 Å². The summed E-state index contributed by atoms with van der Waals surface area (Å²) in [5.41, 5.74) is 0. The van der Waals surface area contributed by atoms with Gasteiger partial charge in [0.15, 0.2) is 0 Å². The summed E-state index contributed by atoms with van der Waals surface area (Å²) in [6, 6.07) is 33.4. The maximum absolute atomic E-state index is 3.99. The molecule has 0 aromatic heterocycles. The van der Waals surface area contributed by atoms with Crippen LogP contribution in [0.1, 0.15) is 13.3 Å². The fourth-order valence-corrected chi connectivity index (χ4v) is 8.70. The van der Waals surface area contributed by atoms with Crippen molar-refractivity contribution >= 4 is 23.2 Å². The van der Waals surface area contributed by atoms with E-state index in [1.165, 1.54) is 22.1 Å². The van der Waals surface area contributed by atoms with Crippen LogP contribution in [0, 0.1) is 5.92 Å². The summed E-state index contributed by atoms with van der Waals surface area (Å²) >= 11 is 0. The molecule has 1 heteroatoms. The Balaban J connectivity index is 2.22. The summed E-state index contributed by atoms with van der Waals surface area (Å²) in [5, 5.41) is 4.47. The summed E-state index contributed by atoms with van der Waals surface area (Å²) in [4.78, 5) is 0. The molecule has 3 aromatic rings. The normalized spacial score (nSPS) is 13.2. The van der Waals surface area contributed by atoms with Gasteiger partial charge in [0.2, 0.25) is 0 Å². The number of benzene rings is 3. The molecule has 0 spiro atoms. The Morgan fingerprint density at radius 2 is 1.08 bits per heavy atom. The summed E-state index contributed by atoms with van der Waals surface area (Å²) in [6.45, 7) is 6.27. The van der Waals surface area contributed by atoms with Crippen molar-refractivity contribution in [2.24, 2.45) is 5.92 Å². The Hall–Kier alpha value is -2.17. The van der Waals surface area contributed by atoms with Crippen molar-refractivity contribution in [2.75, 3.05) is 6.16 Å². The van der Waals surface area contributed by atoms with Gasteiger partial charge >= 0.3 is 152 Å². The van der Waals surface area contributed by atoms with Crippen molar-refractivity contribution in [1.29, 1.82) is 0 Å². The van der Waals surface area contributed by atoms with E-state index < -0.39 is 7.26 Å². The van der Waals surface area contributed by atoms with Gasteiger partial charge in [0, 0.05) is 0 Å². The third-order valence-corrected chi connectivity index (χ3v) is 10.2. The van der Waals surface area contributed by atoms with Gasteiger partial charge in [-0.05, 0) is 0 Å². The molecule has 0 aliphatic heterocycles. The van der Waals surface area contributed by atoms with Crippen LogP contribution in [0.2, 0.25) is 0 Å². The van der Waals surface area contributed by atoms with Gasteiger partial charge in [0.1, 0.15) is 0 Å². The van der Waals surface area contributed by atoms with Crippen LogP contribution in [0.5, 0.6) is 0 Å². The van der Waals surface area contributed by atoms with Gasteiger partial charge in [0.05, 0.1) is 0 Å². The fourth-order valence-electron chi connectivity index (χ4n) is 3.66. The van der Waals surface area contributed by atoms with Gasteiger partial charge in [-0.1, -0.05) is 0 Å². The summed E-state index contributed by atoms with van der Waals surface area (Å²) < 4.78 is 0. The summed E-state index contributed by atoms with van der Waals surface area (Å²) in [6.07, 6.45) is 4.44. The van der Waals surface area contributed by atoms with Crippen LogP contribution >= 0.6 is 7.26 Å². The van der Waals surface area contributed by atoms with Gasteiger partial charge in [-0.3, -0.25) is 0 Å². The molecule has 0 N–H and O–H groups in total. The predicted octanol–water partition coefficient (Wildman–Crippen LogP) is 4.93. The minimum atomic E-state index is -2.05. The van der Waals surface area contributed by atoms with E-state index in [1.807, 2.05) is 0 Å². The van der Waals surface area contributed by atoms with Crippen LogP contribution < -0.4 is 15.9 Å².